The molecule has 2 aromatic rings. The fraction of sp³-hybridized carbons (Fsp3) is 0.308. The van der Waals surface area contributed by atoms with Gasteiger partial charge < -0.3 is 10.5 Å². The molecule has 0 radical (unpaired) electrons. The molecule has 0 aliphatic heterocycles. The maximum atomic E-state index is 5.77. The molecule has 1 heterocycles. The van der Waals surface area contributed by atoms with Gasteiger partial charge in [-0.25, -0.2) is 4.68 Å². The van der Waals surface area contributed by atoms with Crippen molar-refractivity contribution >= 4 is 0 Å². The molecule has 0 saturated heterocycles. The average molecular weight is 231 g/mol. The van der Waals surface area contributed by atoms with Crippen molar-refractivity contribution < 1.29 is 4.74 Å². The summed E-state index contributed by atoms with van der Waals surface area (Å²) in [6.45, 7) is 4.48. The van der Waals surface area contributed by atoms with E-state index in [9.17, 15) is 0 Å². The summed E-state index contributed by atoms with van der Waals surface area (Å²) < 4.78 is 7.11. The maximum Gasteiger partial charge on any atom is 0.119 e. The van der Waals surface area contributed by atoms with Gasteiger partial charge in [0, 0.05) is 12.2 Å². The molecule has 0 bridgehead atoms. The number of nitrogens with two attached hydrogens (primary N) is 1. The van der Waals surface area contributed by atoms with Gasteiger partial charge in [-0.15, -0.1) is 0 Å². The third kappa shape index (κ3) is 2.17. The average Bonchev–Trinajstić information content (AvgIpc) is 2.67. The lowest BCUT2D eigenvalue weighted by Gasteiger charge is -2.11. The Morgan fingerprint density at radius 3 is 2.59 bits per heavy atom. The first kappa shape index (κ1) is 11.7. The normalized spacial score (nSPS) is 10.6. The van der Waals surface area contributed by atoms with Gasteiger partial charge in [0.2, 0.25) is 0 Å². The third-order valence-corrected chi connectivity index (χ3v) is 2.74. The van der Waals surface area contributed by atoms with Crippen LogP contribution in [0.15, 0.2) is 24.3 Å². The van der Waals surface area contributed by atoms with Crippen molar-refractivity contribution in [3.63, 3.8) is 0 Å². The summed E-state index contributed by atoms with van der Waals surface area (Å²) >= 11 is 0. The predicted octanol–water partition coefficient (Wildman–Crippen LogP) is 1.96. The van der Waals surface area contributed by atoms with Crippen molar-refractivity contribution in [2.24, 2.45) is 5.73 Å². The number of nitrogens with zero attached hydrogens (tertiary/aromatic N) is 2. The highest BCUT2D eigenvalue weighted by Crippen LogP contribution is 2.21. The number of methoxy groups -OCH3 is 1. The predicted molar refractivity (Wildman–Crippen MR) is 67.5 cm³/mol. The zero-order chi connectivity index (χ0) is 12.4. The summed E-state index contributed by atoms with van der Waals surface area (Å²) in [5.74, 6) is 0.815. The van der Waals surface area contributed by atoms with Crippen LogP contribution in [0, 0.1) is 13.8 Å². The van der Waals surface area contributed by atoms with E-state index in [4.69, 9.17) is 10.5 Å². The van der Waals surface area contributed by atoms with Crippen molar-refractivity contribution in [2.75, 3.05) is 7.11 Å². The largest absolute Gasteiger partial charge is 0.497 e. The number of ether oxygens (including phenoxy) is 1. The van der Waals surface area contributed by atoms with Crippen molar-refractivity contribution in [2.45, 2.75) is 20.4 Å². The molecule has 0 atom stereocenters. The van der Waals surface area contributed by atoms with E-state index >= 15 is 0 Å². The van der Waals surface area contributed by atoms with E-state index in [0.717, 1.165) is 28.4 Å². The molecule has 2 rings (SSSR count). The Labute approximate surface area is 101 Å². The highest BCUT2D eigenvalue weighted by molar-refractivity contribution is 5.46. The fourth-order valence-electron chi connectivity index (χ4n) is 1.93. The molecule has 1 aromatic heterocycles. The number of aryl methyl sites for hydroxylation is 2. The smallest absolute Gasteiger partial charge is 0.119 e. The monoisotopic (exact) mass is 231 g/mol. The molecule has 4 heteroatoms. The lowest BCUT2D eigenvalue weighted by molar-refractivity contribution is 0.414. The quantitative estimate of drug-likeness (QED) is 0.878. The van der Waals surface area contributed by atoms with Gasteiger partial charge in [-0.2, -0.15) is 5.10 Å². The standard InChI is InChI=1S/C13H17N3O/c1-9-6-10(2)16(15-9)13-5-4-12(17-3)7-11(13)8-14/h4-7H,8,14H2,1-3H3. The number of benzene rings is 1. The number of hydrogen-bond acceptors (Lipinski definition) is 3. The van der Waals surface area contributed by atoms with Crippen LogP contribution in [0.4, 0.5) is 0 Å². The third-order valence-electron chi connectivity index (χ3n) is 2.74. The van der Waals surface area contributed by atoms with Crippen LogP contribution in [-0.2, 0) is 6.54 Å². The molecule has 0 spiro atoms. The Morgan fingerprint density at radius 1 is 1.29 bits per heavy atom. The molecular weight excluding hydrogens is 214 g/mol. The van der Waals surface area contributed by atoms with Gasteiger partial charge in [-0.1, -0.05) is 0 Å². The minimum absolute atomic E-state index is 0.463. The number of rotatable bonds is 3. The summed E-state index contributed by atoms with van der Waals surface area (Å²) in [5, 5.41) is 4.46. The van der Waals surface area contributed by atoms with Gasteiger partial charge in [-0.3, -0.25) is 0 Å². The molecule has 2 N–H and O–H groups in total. The number of aromatic nitrogens is 2. The van der Waals surface area contributed by atoms with Gasteiger partial charge in [0.1, 0.15) is 5.75 Å². The van der Waals surface area contributed by atoms with E-state index in [0.29, 0.717) is 6.54 Å². The van der Waals surface area contributed by atoms with Crippen LogP contribution in [-0.4, -0.2) is 16.9 Å². The fourth-order valence-corrected chi connectivity index (χ4v) is 1.93. The Hall–Kier alpha value is -1.81. The summed E-state index contributed by atoms with van der Waals surface area (Å²) in [6.07, 6.45) is 0. The molecule has 17 heavy (non-hydrogen) atoms. The molecule has 0 fully saturated rings. The van der Waals surface area contributed by atoms with Gasteiger partial charge in [0.05, 0.1) is 18.5 Å². The van der Waals surface area contributed by atoms with Gasteiger partial charge in [-0.05, 0) is 43.7 Å². The van der Waals surface area contributed by atoms with Crippen LogP contribution in [0.5, 0.6) is 5.75 Å². The molecule has 1 aromatic carbocycles. The van der Waals surface area contributed by atoms with Gasteiger partial charge in [0.15, 0.2) is 0 Å². The van der Waals surface area contributed by atoms with E-state index in [1.807, 2.05) is 42.8 Å². The lowest BCUT2D eigenvalue weighted by Crippen LogP contribution is -2.07. The lowest BCUT2D eigenvalue weighted by atomic mass is 10.1. The Bertz CT molecular complexity index is 531. The van der Waals surface area contributed by atoms with E-state index in [2.05, 4.69) is 5.10 Å². The summed E-state index contributed by atoms with van der Waals surface area (Å²) in [7, 11) is 1.65. The molecule has 90 valence electrons. The SMILES string of the molecule is COc1ccc(-n2nc(C)cc2C)c(CN)c1. The molecule has 0 saturated carbocycles. The van der Waals surface area contributed by atoms with Gasteiger partial charge in [0.25, 0.3) is 0 Å². The van der Waals surface area contributed by atoms with Crippen LogP contribution in [0.25, 0.3) is 5.69 Å². The molecule has 0 aliphatic carbocycles. The van der Waals surface area contributed by atoms with E-state index < -0.39 is 0 Å². The van der Waals surface area contributed by atoms with Crippen LogP contribution in [0.1, 0.15) is 17.0 Å². The minimum Gasteiger partial charge on any atom is -0.497 e. The highest BCUT2D eigenvalue weighted by atomic mass is 16.5. The second kappa shape index (κ2) is 4.59. The zero-order valence-electron chi connectivity index (χ0n) is 10.4. The Kier molecular flexibility index (Phi) is 3.15. The van der Waals surface area contributed by atoms with E-state index in [1.165, 1.54) is 0 Å². The minimum atomic E-state index is 0.463. The van der Waals surface area contributed by atoms with Crippen LogP contribution >= 0.6 is 0 Å². The molecular formula is C13H17N3O. The second-order valence-electron chi connectivity index (χ2n) is 4.04. The Morgan fingerprint density at radius 2 is 2.06 bits per heavy atom. The zero-order valence-corrected chi connectivity index (χ0v) is 10.4. The second-order valence-corrected chi connectivity index (χ2v) is 4.04. The van der Waals surface area contributed by atoms with Gasteiger partial charge >= 0.3 is 0 Å². The first-order valence-corrected chi connectivity index (χ1v) is 5.56. The van der Waals surface area contributed by atoms with Crippen molar-refractivity contribution in [1.29, 1.82) is 0 Å². The van der Waals surface area contributed by atoms with Crippen LogP contribution in [0.3, 0.4) is 0 Å². The Balaban J connectivity index is 2.55. The number of hydrogen-bond donors (Lipinski definition) is 1. The van der Waals surface area contributed by atoms with Crippen molar-refractivity contribution in [3.05, 3.63) is 41.2 Å². The molecule has 0 unspecified atom stereocenters. The van der Waals surface area contributed by atoms with E-state index in [1.54, 1.807) is 7.11 Å². The van der Waals surface area contributed by atoms with Crippen LogP contribution < -0.4 is 10.5 Å². The topological polar surface area (TPSA) is 53.1 Å². The molecule has 0 aliphatic rings. The first-order chi connectivity index (χ1) is 8.15. The molecule has 4 nitrogen and oxygen atoms in total. The summed E-state index contributed by atoms with van der Waals surface area (Å²) in [5.41, 5.74) is 9.91. The highest BCUT2D eigenvalue weighted by Gasteiger charge is 2.09. The molecule has 0 amide bonds. The first-order valence-electron chi connectivity index (χ1n) is 5.56. The van der Waals surface area contributed by atoms with Crippen LogP contribution in [0.2, 0.25) is 0 Å². The summed E-state index contributed by atoms with van der Waals surface area (Å²) in [4.78, 5) is 0. The van der Waals surface area contributed by atoms with Crippen molar-refractivity contribution in [1.82, 2.24) is 9.78 Å². The summed E-state index contributed by atoms with van der Waals surface area (Å²) in [6, 6.07) is 7.90. The van der Waals surface area contributed by atoms with Crippen molar-refractivity contribution in [3.8, 4) is 11.4 Å². The van der Waals surface area contributed by atoms with E-state index in [-0.39, 0.29) is 0 Å². The maximum absolute atomic E-state index is 5.77.